The van der Waals surface area contributed by atoms with Crippen LogP contribution in [-0.2, 0) is 20.9 Å². The maximum atomic E-state index is 12.5. The topological polar surface area (TPSA) is 72.9 Å². The fourth-order valence-corrected chi connectivity index (χ4v) is 3.93. The number of imide groups is 1. The summed E-state index contributed by atoms with van der Waals surface area (Å²) in [4.78, 5) is 37.0. The molecule has 2 aromatic rings. The molecule has 0 bridgehead atoms. The van der Waals surface area contributed by atoms with Gasteiger partial charge in [0.05, 0.1) is 17.0 Å². The monoisotopic (exact) mass is 451 g/mol. The molecule has 0 atom stereocenters. The number of thioether (sulfide) groups is 1. The van der Waals surface area contributed by atoms with Crippen molar-refractivity contribution in [2.45, 2.75) is 6.61 Å². The molecular weight excluding hydrogens is 437 g/mol. The van der Waals surface area contributed by atoms with E-state index in [1.54, 1.807) is 6.07 Å². The van der Waals surface area contributed by atoms with Crippen molar-refractivity contribution < 1.29 is 23.9 Å². The Morgan fingerprint density at radius 1 is 1.17 bits per heavy atom. The molecular formula is C20H15Cl2NO5S. The van der Waals surface area contributed by atoms with Gasteiger partial charge in [-0.25, -0.2) is 0 Å². The Morgan fingerprint density at radius 2 is 1.90 bits per heavy atom. The van der Waals surface area contributed by atoms with Gasteiger partial charge in [-0.3, -0.25) is 19.3 Å². The number of nitrogens with zero attached hydrogens (tertiary/aromatic N) is 1. The van der Waals surface area contributed by atoms with Crippen molar-refractivity contribution in [2.75, 3.05) is 13.7 Å². The van der Waals surface area contributed by atoms with Crippen LogP contribution in [-0.4, -0.2) is 35.7 Å². The van der Waals surface area contributed by atoms with E-state index in [9.17, 15) is 14.4 Å². The molecule has 1 fully saturated rings. The Kier molecular flexibility index (Phi) is 6.84. The zero-order chi connectivity index (χ0) is 21.0. The molecule has 2 amide bonds. The zero-order valence-electron chi connectivity index (χ0n) is 15.2. The smallest absolute Gasteiger partial charge is 0.325 e. The second-order valence-corrected chi connectivity index (χ2v) is 7.76. The number of carbonyl (C=O) groups is 3. The van der Waals surface area contributed by atoms with Crippen LogP contribution in [0.15, 0.2) is 47.4 Å². The van der Waals surface area contributed by atoms with Gasteiger partial charge in [0.1, 0.15) is 18.9 Å². The van der Waals surface area contributed by atoms with Gasteiger partial charge in [0, 0.05) is 10.6 Å². The van der Waals surface area contributed by atoms with Gasteiger partial charge in [-0.05, 0) is 35.5 Å². The van der Waals surface area contributed by atoms with Gasteiger partial charge >= 0.3 is 5.97 Å². The number of methoxy groups -OCH3 is 1. The van der Waals surface area contributed by atoms with Crippen molar-refractivity contribution >= 4 is 58.2 Å². The van der Waals surface area contributed by atoms with Crippen LogP contribution < -0.4 is 4.74 Å². The zero-order valence-corrected chi connectivity index (χ0v) is 17.5. The average Bonchev–Trinajstić information content (AvgIpc) is 2.95. The van der Waals surface area contributed by atoms with Crippen LogP contribution >= 0.6 is 35.0 Å². The van der Waals surface area contributed by atoms with Gasteiger partial charge in [-0.15, -0.1) is 0 Å². The Bertz CT molecular complexity index is 994. The summed E-state index contributed by atoms with van der Waals surface area (Å²) in [6.07, 6.45) is 1.47. The van der Waals surface area contributed by atoms with Gasteiger partial charge < -0.3 is 9.47 Å². The molecule has 0 aliphatic carbocycles. The number of hydrogen-bond acceptors (Lipinski definition) is 6. The highest BCUT2D eigenvalue weighted by molar-refractivity contribution is 8.18. The molecule has 0 saturated carbocycles. The molecule has 150 valence electrons. The van der Waals surface area contributed by atoms with Crippen molar-refractivity contribution in [3.63, 3.8) is 0 Å². The fraction of sp³-hybridized carbons (Fsp3) is 0.150. The number of halogens is 2. The largest absolute Gasteiger partial charge is 0.487 e. The van der Waals surface area contributed by atoms with Gasteiger partial charge in [0.25, 0.3) is 11.1 Å². The highest BCUT2D eigenvalue weighted by Gasteiger charge is 2.36. The number of carbonyl (C=O) groups excluding carboxylic acids is 3. The molecule has 0 N–H and O–H groups in total. The minimum absolute atomic E-state index is 0.127. The summed E-state index contributed by atoms with van der Waals surface area (Å²) in [6.45, 7) is -0.195. The Hall–Kier alpha value is -2.48. The SMILES string of the molecule is COC(=O)CN1C(=O)S/C(=C\c2cc(Cl)cc(Cl)c2OCc2ccccc2)C1=O. The minimum atomic E-state index is -0.689. The summed E-state index contributed by atoms with van der Waals surface area (Å²) < 4.78 is 10.4. The van der Waals surface area contributed by atoms with E-state index < -0.39 is 23.7 Å². The van der Waals surface area contributed by atoms with E-state index >= 15 is 0 Å². The molecule has 0 radical (unpaired) electrons. The molecule has 0 unspecified atom stereocenters. The van der Waals surface area contributed by atoms with Crippen LogP contribution in [0.25, 0.3) is 6.08 Å². The van der Waals surface area contributed by atoms with Crippen molar-refractivity contribution in [3.8, 4) is 5.75 Å². The third kappa shape index (κ3) is 5.12. The van der Waals surface area contributed by atoms with E-state index in [0.717, 1.165) is 10.5 Å². The number of benzene rings is 2. The van der Waals surface area contributed by atoms with E-state index in [2.05, 4.69) is 4.74 Å². The van der Waals surface area contributed by atoms with Crippen LogP contribution in [0.4, 0.5) is 4.79 Å². The lowest BCUT2D eigenvalue weighted by molar-refractivity contribution is -0.143. The Balaban J connectivity index is 1.89. The van der Waals surface area contributed by atoms with Gasteiger partial charge in [-0.2, -0.15) is 0 Å². The molecule has 2 aromatic carbocycles. The summed E-state index contributed by atoms with van der Waals surface area (Å²) in [5.41, 5.74) is 1.38. The van der Waals surface area contributed by atoms with Crippen molar-refractivity contribution in [2.24, 2.45) is 0 Å². The maximum Gasteiger partial charge on any atom is 0.325 e. The summed E-state index contributed by atoms with van der Waals surface area (Å²) in [5, 5.41) is 0.0575. The van der Waals surface area contributed by atoms with E-state index in [-0.39, 0.29) is 16.5 Å². The average molecular weight is 452 g/mol. The first-order chi connectivity index (χ1) is 13.9. The molecule has 6 nitrogen and oxygen atoms in total. The third-order valence-electron chi connectivity index (χ3n) is 3.94. The molecule has 3 rings (SSSR count). The van der Waals surface area contributed by atoms with Crippen LogP contribution in [0, 0.1) is 0 Å². The number of esters is 1. The predicted molar refractivity (Wildman–Crippen MR) is 112 cm³/mol. The molecule has 1 heterocycles. The lowest BCUT2D eigenvalue weighted by atomic mass is 10.1. The highest BCUT2D eigenvalue weighted by Crippen LogP contribution is 2.38. The van der Waals surface area contributed by atoms with Gasteiger partial charge in [-0.1, -0.05) is 53.5 Å². The summed E-state index contributed by atoms with van der Waals surface area (Å²) in [7, 11) is 1.18. The Morgan fingerprint density at radius 3 is 2.59 bits per heavy atom. The number of ether oxygens (including phenoxy) is 2. The third-order valence-corrected chi connectivity index (χ3v) is 5.34. The molecule has 1 saturated heterocycles. The lowest BCUT2D eigenvalue weighted by Gasteiger charge is -2.13. The summed E-state index contributed by atoms with van der Waals surface area (Å²) in [5.74, 6) is -0.957. The molecule has 9 heteroatoms. The second-order valence-electron chi connectivity index (χ2n) is 5.92. The van der Waals surface area contributed by atoms with Crippen LogP contribution in [0.5, 0.6) is 5.75 Å². The maximum absolute atomic E-state index is 12.5. The van der Waals surface area contributed by atoms with Crippen LogP contribution in [0.2, 0.25) is 10.0 Å². The molecule has 0 spiro atoms. The Labute approximate surface area is 181 Å². The standard InChI is InChI=1S/C20H15Cl2NO5S/c1-27-17(24)10-23-19(25)16(29-20(23)26)8-13-7-14(21)9-15(22)18(13)28-11-12-5-3-2-4-6-12/h2-9H,10-11H2,1H3/b16-8-. The minimum Gasteiger partial charge on any atom is -0.487 e. The van der Waals surface area contributed by atoms with Gasteiger partial charge in [0.2, 0.25) is 0 Å². The predicted octanol–water partition coefficient (Wildman–Crippen LogP) is 4.78. The quantitative estimate of drug-likeness (QED) is 0.464. The number of rotatable bonds is 6. The normalized spacial score (nSPS) is 15.1. The molecule has 1 aliphatic heterocycles. The first kappa shape index (κ1) is 21.2. The molecule has 29 heavy (non-hydrogen) atoms. The van der Waals surface area contributed by atoms with Crippen molar-refractivity contribution in [3.05, 3.63) is 68.5 Å². The van der Waals surface area contributed by atoms with E-state index in [1.807, 2.05) is 30.3 Å². The summed E-state index contributed by atoms with van der Waals surface area (Å²) in [6, 6.07) is 12.6. The first-order valence-corrected chi connectivity index (χ1v) is 9.94. The lowest BCUT2D eigenvalue weighted by Crippen LogP contribution is -2.34. The van der Waals surface area contributed by atoms with Gasteiger partial charge in [0.15, 0.2) is 0 Å². The van der Waals surface area contributed by atoms with E-state index in [1.165, 1.54) is 19.3 Å². The van der Waals surface area contributed by atoms with E-state index in [0.29, 0.717) is 28.1 Å². The van der Waals surface area contributed by atoms with E-state index in [4.69, 9.17) is 27.9 Å². The van der Waals surface area contributed by atoms with Crippen LogP contribution in [0.3, 0.4) is 0 Å². The first-order valence-electron chi connectivity index (χ1n) is 8.37. The molecule has 0 aromatic heterocycles. The molecule has 1 aliphatic rings. The highest BCUT2D eigenvalue weighted by atomic mass is 35.5. The summed E-state index contributed by atoms with van der Waals surface area (Å²) >= 11 is 13.1. The fourth-order valence-electron chi connectivity index (χ4n) is 2.54. The number of amides is 2. The van der Waals surface area contributed by atoms with Crippen molar-refractivity contribution in [1.82, 2.24) is 4.90 Å². The second kappa shape index (κ2) is 9.35. The number of hydrogen-bond donors (Lipinski definition) is 0. The van der Waals surface area contributed by atoms with Crippen molar-refractivity contribution in [1.29, 1.82) is 0 Å². The van der Waals surface area contributed by atoms with Crippen LogP contribution in [0.1, 0.15) is 11.1 Å².